The van der Waals surface area contributed by atoms with Crippen molar-refractivity contribution < 1.29 is 23.2 Å². The average Bonchev–Trinajstić information content (AvgIpc) is 2.49. The van der Waals surface area contributed by atoms with Gasteiger partial charge in [-0.15, -0.1) is 0 Å². The molecule has 2 rings (SSSR count). The van der Waals surface area contributed by atoms with Gasteiger partial charge in [-0.3, -0.25) is 9.59 Å². The number of carbonyl (C=O) groups is 2. The van der Waals surface area contributed by atoms with Crippen LogP contribution in [-0.2, 0) is 4.57 Å². The molecule has 0 saturated heterocycles. The fourth-order valence-electron chi connectivity index (χ4n) is 1.44. The van der Waals surface area contributed by atoms with Crippen molar-refractivity contribution in [2.24, 2.45) is 0 Å². The molecule has 0 saturated carbocycles. The first-order chi connectivity index (χ1) is 9.71. The van der Waals surface area contributed by atoms with E-state index in [1.807, 2.05) is 0 Å². The zero-order valence-corrected chi connectivity index (χ0v) is 11.3. The lowest BCUT2D eigenvalue weighted by atomic mass is 10.2. The van der Waals surface area contributed by atoms with Gasteiger partial charge in [0.15, 0.2) is 0 Å². The monoisotopic (exact) mass is 290 g/mol. The molecule has 20 heavy (non-hydrogen) atoms. The van der Waals surface area contributed by atoms with Crippen LogP contribution in [0.3, 0.4) is 0 Å². The maximum atomic E-state index is 11.7. The summed E-state index contributed by atoms with van der Waals surface area (Å²) in [6, 6.07) is 12.3. The Labute approximate surface area is 116 Å². The summed E-state index contributed by atoms with van der Waals surface area (Å²) >= 11 is 0. The molecule has 0 bridgehead atoms. The van der Waals surface area contributed by atoms with Crippen molar-refractivity contribution in [3.05, 3.63) is 59.7 Å². The summed E-state index contributed by atoms with van der Waals surface area (Å²) in [5.41, 5.74) is 1.00. The molecule has 102 valence electrons. The van der Waals surface area contributed by atoms with Crippen LogP contribution >= 0.6 is 8.25 Å². The van der Waals surface area contributed by atoms with Crippen molar-refractivity contribution >= 4 is 20.8 Å². The van der Waals surface area contributed by atoms with Gasteiger partial charge in [-0.1, -0.05) is 0 Å². The highest BCUT2D eigenvalue weighted by molar-refractivity contribution is 7.34. The molecular formula is C14H11O5P. The molecule has 6 heteroatoms. The first-order valence-corrected chi connectivity index (χ1v) is 6.94. The molecule has 0 unspecified atom stereocenters. The molecular weight excluding hydrogens is 279 g/mol. The third-order valence-electron chi connectivity index (χ3n) is 2.43. The lowest BCUT2D eigenvalue weighted by Crippen LogP contribution is -1.90. The summed E-state index contributed by atoms with van der Waals surface area (Å²) in [5, 5.41) is 0. The zero-order valence-electron chi connectivity index (χ0n) is 10.3. The smallest absolute Gasteiger partial charge is 0.418 e. The van der Waals surface area contributed by atoms with E-state index in [1.54, 1.807) is 24.3 Å². The van der Waals surface area contributed by atoms with Crippen LogP contribution in [0.2, 0.25) is 0 Å². The number of benzene rings is 2. The minimum Gasteiger partial charge on any atom is -0.418 e. The number of aldehydes is 2. The van der Waals surface area contributed by atoms with Crippen LogP contribution in [0.1, 0.15) is 20.7 Å². The average molecular weight is 290 g/mol. The molecule has 0 fully saturated rings. The predicted molar refractivity (Wildman–Crippen MR) is 73.9 cm³/mol. The first kappa shape index (κ1) is 14.0. The quantitative estimate of drug-likeness (QED) is 0.603. The molecule has 2 aromatic carbocycles. The molecule has 0 aliphatic rings. The van der Waals surface area contributed by atoms with Crippen molar-refractivity contribution in [3.8, 4) is 11.5 Å². The van der Waals surface area contributed by atoms with E-state index < -0.39 is 8.25 Å². The summed E-state index contributed by atoms with van der Waals surface area (Å²) in [4.78, 5) is 21.0. The molecule has 0 aromatic heterocycles. The predicted octanol–water partition coefficient (Wildman–Crippen LogP) is 3.16. The molecule has 0 N–H and O–H groups in total. The largest absolute Gasteiger partial charge is 0.418 e. The molecule has 0 radical (unpaired) electrons. The highest BCUT2D eigenvalue weighted by atomic mass is 31.1. The van der Waals surface area contributed by atoms with Crippen LogP contribution in [0.5, 0.6) is 11.5 Å². The molecule has 5 nitrogen and oxygen atoms in total. The minimum atomic E-state index is -2.76. The number of rotatable bonds is 6. The Kier molecular flexibility index (Phi) is 4.69. The number of carbonyl (C=O) groups excluding carboxylic acids is 2. The van der Waals surface area contributed by atoms with E-state index >= 15 is 0 Å². The van der Waals surface area contributed by atoms with E-state index in [0.717, 1.165) is 0 Å². The third-order valence-corrected chi connectivity index (χ3v) is 3.24. The lowest BCUT2D eigenvalue weighted by molar-refractivity contribution is 0.111. The summed E-state index contributed by atoms with van der Waals surface area (Å²) in [6.07, 6.45) is 1.41. The summed E-state index contributed by atoms with van der Waals surface area (Å²) in [7, 11) is -2.76. The second-order valence-corrected chi connectivity index (χ2v) is 4.74. The summed E-state index contributed by atoms with van der Waals surface area (Å²) in [6.45, 7) is 0. The van der Waals surface area contributed by atoms with Crippen molar-refractivity contribution in [1.29, 1.82) is 0 Å². The molecule has 0 heterocycles. The maximum absolute atomic E-state index is 11.7. The van der Waals surface area contributed by atoms with Crippen LogP contribution < -0.4 is 9.05 Å². The van der Waals surface area contributed by atoms with Gasteiger partial charge in [-0.05, 0) is 48.5 Å². The van der Waals surface area contributed by atoms with Crippen LogP contribution in [0.4, 0.5) is 0 Å². The Bertz CT molecular complexity index is 564. The van der Waals surface area contributed by atoms with Gasteiger partial charge in [-0.2, -0.15) is 0 Å². The summed E-state index contributed by atoms with van der Waals surface area (Å²) < 4.78 is 21.9. The Morgan fingerprint density at radius 3 is 1.35 bits per heavy atom. The highest BCUT2D eigenvalue weighted by Gasteiger charge is 2.04. The van der Waals surface area contributed by atoms with Gasteiger partial charge in [0.1, 0.15) is 24.1 Å². The Morgan fingerprint density at radius 1 is 0.700 bits per heavy atom. The second-order valence-electron chi connectivity index (χ2n) is 3.83. The van der Waals surface area contributed by atoms with Gasteiger partial charge >= 0.3 is 8.25 Å². The minimum absolute atomic E-state index is 0.351. The standard InChI is InChI=1S/C14H11O5P/c15-9-11-1-5-13(6-2-11)18-20(17)19-14-7-3-12(10-16)4-8-14/h1-10,20H. The van der Waals surface area contributed by atoms with Gasteiger partial charge in [0.2, 0.25) is 0 Å². The fraction of sp³-hybridized carbons (Fsp3) is 0. The Hall–Kier alpha value is -2.39. The number of hydrogen-bond acceptors (Lipinski definition) is 5. The van der Waals surface area contributed by atoms with Gasteiger partial charge in [0.25, 0.3) is 0 Å². The van der Waals surface area contributed by atoms with Crippen molar-refractivity contribution in [2.75, 3.05) is 0 Å². The highest BCUT2D eigenvalue weighted by Crippen LogP contribution is 2.30. The van der Waals surface area contributed by atoms with E-state index in [-0.39, 0.29) is 0 Å². The molecule has 0 spiro atoms. The third kappa shape index (κ3) is 3.80. The Balaban J connectivity index is 1.96. The zero-order chi connectivity index (χ0) is 14.4. The van der Waals surface area contributed by atoms with Crippen LogP contribution in [0.15, 0.2) is 48.5 Å². The maximum Gasteiger partial charge on any atom is 0.418 e. The van der Waals surface area contributed by atoms with Crippen LogP contribution in [-0.4, -0.2) is 12.6 Å². The molecule has 0 atom stereocenters. The van der Waals surface area contributed by atoms with E-state index in [1.165, 1.54) is 24.3 Å². The van der Waals surface area contributed by atoms with E-state index in [0.29, 0.717) is 35.2 Å². The van der Waals surface area contributed by atoms with Crippen LogP contribution in [0, 0.1) is 0 Å². The van der Waals surface area contributed by atoms with E-state index in [4.69, 9.17) is 9.05 Å². The lowest BCUT2D eigenvalue weighted by Gasteiger charge is -2.08. The number of hydrogen-bond donors (Lipinski definition) is 0. The van der Waals surface area contributed by atoms with E-state index in [2.05, 4.69) is 0 Å². The van der Waals surface area contributed by atoms with Crippen LogP contribution in [0.25, 0.3) is 0 Å². The summed E-state index contributed by atoms with van der Waals surface area (Å²) in [5.74, 6) is 0.702. The van der Waals surface area contributed by atoms with Gasteiger partial charge in [0.05, 0.1) is 0 Å². The normalized spacial score (nSPS) is 10.1. The first-order valence-electron chi connectivity index (χ1n) is 5.71. The second kappa shape index (κ2) is 6.68. The van der Waals surface area contributed by atoms with Crippen molar-refractivity contribution in [1.82, 2.24) is 0 Å². The van der Waals surface area contributed by atoms with Gasteiger partial charge < -0.3 is 9.05 Å². The fourth-order valence-corrected chi connectivity index (χ4v) is 2.14. The topological polar surface area (TPSA) is 69.7 Å². The SMILES string of the molecule is O=Cc1ccc(O[PH](=O)Oc2ccc(C=O)cc2)cc1. The molecule has 0 amide bonds. The Morgan fingerprint density at radius 2 is 1.05 bits per heavy atom. The van der Waals surface area contributed by atoms with Crippen molar-refractivity contribution in [2.45, 2.75) is 0 Å². The van der Waals surface area contributed by atoms with E-state index in [9.17, 15) is 14.2 Å². The van der Waals surface area contributed by atoms with Gasteiger partial charge in [0, 0.05) is 11.1 Å². The van der Waals surface area contributed by atoms with Gasteiger partial charge in [-0.25, -0.2) is 4.57 Å². The molecule has 2 aromatic rings. The van der Waals surface area contributed by atoms with Crippen molar-refractivity contribution in [3.63, 3.8) is 0 Å². The molecule has 0 aliphatic carbocycles. The molecule has 0 aliphatic heterocycles.